The van der Waals surface area contributed by atoms with Crippen LogP contribution in [0.1, 0.15) is 23.5 Å². The van der Waals surface area contributed by atoms with Gasteiger partial charge in [-0.15, -0.1) is 11.3 Å². The van der Waals surface area contributed by atoms with Crippen LogP contribution in [0.2, 0.25) is 0 Å². The second-order valence-electron chi connectivity index (χ2n) is 4.08. The largest absolute Gasteiger partial charge is 0.381 e. The lowest BCUT2D eigenvalue weighted by Crippen LogP contribution is -2.17. The zero-order chi connectivity index (χ0) is 10.5. The van der Waals surface area contributed by atoms with Crippen LogP contribution < -0.4 is 5.32 Å². The molecule has 0 amide bonds. The summed E-state index contributed by atoms with van der Waals surface area (Å²) >= 11 is 1.73. The van der Waals surface area contributed by atoms with Crippen molar-refractivity contribution in [1.29, 1.82) is 0 Å². The molecule has 1 unspecified atom stereocenters. The number of rotatable bonds is 5. The first-order valence-electron chi connectivity index (χ1n) is 5.54. The van der Waals surface area contributed by atoms with Gasteiger partial charge in [0.05, 0.1) is 0 Å². The standard InChI is InChI=1S/C11H18N2OS/c1-9-8-15-11(13-9)6-12-4-2-10-3-5-14-7-10/h8,10,12H,2-7H2,1H3. The molecule has 1 N–H and O–H groups in total. The average Bonchev–Trinajstić information content (AvgIpc) is 2.84. The summed E-state index contributed by atoms with van der Waals surface area (Å²) in [6.45, 7) is 5.93. The van der Waals surface area contributed by atoms with Crippen LogP contribution in [0.5, 0.6) is 0 Å². The van der Waals surface area contributed by atoms with E-state index in [0.717, 1.165) is 37.9 Å². The van der Waals surface area contributed by atoms with Crippen molar-refractivity contribution in [1.82, 2.24) is 10.3 Å². The fraction of sp³-hybridized carbons (Fsp3) is 0.727. The Bertz CT molecular complexity index is 295. The van der Waals surface area contributed by atoms with Crippen molar-refractivity contribution < 1.29 is 4.74 Å². The van der Waals surface area contributed by atoms with Crippen LogP contribution in [0.4, 0.5) is 0 Å². The van der Waals surface area contributed by atoms with E-state index in [-0.39, 0.29) is 0 Å². The Morgan fingerprint density at radius 1 is 1.67 bits per heavy atom. The van der Waals surface area contributed by atoms with Crippen LogP contribution in [0.3, 0.4) is 0 Å². The van der Waals surface area contributed by atoms with E-state index >= 15 is 0 Å². The third-order valence-electron chi connectivity index (χ3n) is 2.70. The first-order valence-corrected chi connectivity index (χ1v) is 6.42. The van der Waals surface area contributed by atoms with Crippen LogP contribution in [0.15, 0.2) is 5.38 Å². The minimum absolute atomic E-state index is 0.774. The number of aromatic nitrogens is 1. The Balaban J connectivity index is 1.58. The number of thiazole rings is 1. The molecule has 4 heteroatoms. The molecule has 1 saturated heterocycles. The molecule has 2 rings (SSSR count). The molecule has 0 aromatic carbocycles. The summed E-state index contributed by atoms with van der Waals surface area (Å²) in [5.41, 5.74) is 1.13. The molecule has 1 aliphatic rings. The zero-order valence-corrected chi connectivity index (χ0v) is 9.98. The van der Waals surface area contributed by atoms with Gasteiger partial charge in [0.25, 0.3) is 0 Å². The maximum Gasteiger partial charge on any atom is 0.107 e. The first-order chi connectivity index (χ1) is 7.34. The molecule has 1 fully saturated rings. The molecule has 1 aromatic heterocycles. The van der Waals surface area contributed by atoms with Crippen molar-refractivity contribution in [2.45, 2.75) is 26.3 Å². The average molecular weight is 226 g/mol. The van der Waals surface area contributed by atoms with Gasteiger partial charge in [0.1, 0.15) is 5.01 Å². The molecule has 1 atom stereocenters. The molecule has 0 saturated carbocycles. The van der Waals surface area contributed by atoms with E-state index in [4.69, 9.17) is 4.74 Å². The van der Waals surface area contributed by atoms with Crippen LogP contribution in [0.25, 0.3) is 0 Å². The topological polar surface area (TPSA) is 34.1 Å². The molecule has 15 heavy (non-hydrogen) atoms. The highest BCUT2D eigenvalue weighted by atomic mass is 32.1. The van der Waals surface area contributed by atoms with E-state index in [0.29, 0.717) is 0 Å². The predicted octanol–water partition coefficient (Wildman–Crippen LogP) is 1.97. The first kappa shape index (κ1) is 11.0. The summed E-state index contributed by atoms with van der Waals surface area (Å²) in [6, 6.07) is 0. The summed E-state index contributed by atoms with van der Waals surface area (Å²) in [5, 5.41) is 6.72. The third-order valence-corrected chi connectivity index (χ3v) is 3.66. The molecule has 0 aliphatic carbocycles. The lowest BCUT2D eigenvalue weighted by atomic mass is 10.1. The van der Waals surface area contributed by atoms with Crippen molar-refractivity contribution in [3.05, 3.63) is 16.1 Å². The third kappa shape index (κ3) is 3.55. The fourth-order valence-electron chi connectivity index (χ4n) is 1.80. The Morgan fingerprint density at radius 2 is 2.60 bits per heavy atom. The number of ether oxygens (including phenoxy) is 1. The van der Waals surface area contributed by atoms with Gasteiger partial charge in [0, 0.05) is 30.8 Å². The Hall–Kier alpha value is -0.450. The maximum absolute atomic E-state index is 5.34. The Kier molecular flexibility index (Phi) is 4.11. The highest BCUT2D eigenvalue weighted by Crippen LogP contribution is 2.15. The molecule has 1 aromatic rings. The number of hydrogen-bond acceptors (Lipinski definition) is 4. The molecular formula is C11H18N2OS. The van der Waals surface area contributed by atoms with Gasteiger partial charge in [-0.25, -0.2) is 4.98 Å². The van der Waals surface area contributed by atoms with Gasteiger partial charge in [-0.1, -0.05) is 0 Å². The van der Waals surface area contributed by atoms with Crippen molar-refractivity contribution in [3.63, 3.8) is 0 Å². The van der Waals surface area contributed by atoms with Gasteiger partial charge in [-0.05, 0) is 32.2 Å². The van der Waals surface area contributed by atoms with E-state index in [2.05, 4.69) is 15.7 Å². The van der Waals surface area contributed by atoms with Gasteiger partial charge >= 0.3 is 0 Å². The quantitative estimate of drug-likeness (QED) is 0.779. The lowest BCUT2D eigenvalue weighted by molar-refractivity contribution is 0.184. The number of nitrogens with one attached hydrogen (secondary N) is 1. The molecule has 2 heterocycles. The summed E-state index contributed by atoms with van der Waals surface area (Å²) in [7, 11) is 0. The SMILES string of the molecule is Cc1csc(CNCCC2CCOC2)n1. The van der Waals surface area contributed by atoms with E-state index in [1.165, 1.54) is 17.8 Å². The minimum atomic E-state index is 0.774. The van der Waals surface area contributed by atoms with Crippen LogP contribution in [-0.2, 0) is 11.3 Å². The van der Waals surface area contributed by atoms with Gasteiger partial charge < -0.3 is 10.1 Å². The van der Waals surface area contributed by atoms with Gasteiger partial charge in [0.2, 0.25) is 0 Å². The second kappa shape index (κ2) is 5.58. The van der Waals surface area contributed by atoms with E-state index in [9.17, 15) is 0 Å². The van der Waals surface area contributed by atoms with Crippen molar-refractivity contribution in [3.8, 4) is 0 Å². The number of hydrogen-bond donors (Lipinski definition) is 1. The van der Waals surface area contributed by atoms with Crippen molar-refractivity contribution >= 4 is 11.3 Å². The number of nitrogens with zero attached hydrogens (tertiary/aromatic N) is 1. The van der Waals surface area contributed by atoms with Crippen LogP contribution >= 0.6 is 11.3 Å². The second-order valence-corrected chi connectivity index (χ2v) is 5.02. The van der Waals surface area contributed by atoms with Gasteiger partial charge in [-0.3, -0.25) is 0 Å². The molecule has 0 radical (unpaired) electrons. The van der Waals surface area contributed by atoms with Crippen LogP contribution in [0, 0.1) is 12.8 Å². The maximum atomic E-state index is 5.34. The Morgan fingerprint density at radius 3 is 3.27 bits per heavy atom. The molecule has 1 aliphatic heterocycles. The fourth-order valence-corrected chi connectivity index (χ4v) is 2.54. The molecule has 0 spiro atoms. The Labute approximate surface area is 94.9 Å². The van der Waals surface area contributed by atoms with E-state index < -0.39 is 0 Å². The minimum Gasteiger partial charge on any atom is -0.381 e. The van der Waals surface area contributed by atoms with Gasteiger partial charge in [-0.2, -0.15) is 0 Å². The van der Waals surface area contributed by atoms with Gasteiger partial charge in [0.15, 0.2) is 0 Å². The molecule has 0 bridgehead atoms. The summed E-state index contributed by atoms with van der Waals surface area (Å²) in [6.07, 6.45) is 2.46. The van der Waals surface area contributed by atoms with E-state index in [1.807, 2.05) is 6.92 Å². The van der Waals surface area contributed by atoms with Crippen molar-refractivity contribution in [2.24, 2.45) is 5.92 Å². The molecular weight excluding hydrogens is 208 g/mol. The number of aryl methyl sites for hydroxylation is 1. The molecule has 3 nitrogen and oxygen atoms in total. The highest BCUT2D eigenvalue weighted by molar-refractivity contribution is 7.09. The van der Waals surface area contributed by atoms with Crippen molar-refractivity contribution in [2.75, 3.05) is 19.8 Å². The lowest BCUT2D eigenvalue weighted by Gasteiger charge is -2.07. The highest BCUT2D eigenvalue weighted by Gasteiger charge is 2.14. The summed E-state index contributed by atoms with van der Waals surface area (Å²) in [4.78, 5) is 4.41. The van der Waals surface area contributed by atoms with E-state index in [1.54, 1.807) is 11.3 Å². The van der Waals surface area contributed by atoms with Crippen LogP contribution in [-0.4, -0.2) is 24.7 Å². The summed E-state index contributed by atoms with van der Waals surface area (Å²) in [5.74, 6) is 0.774. The molecule has 84 valence electrons. The normalized spacial score (nSPS) is 21.0. The predicted molar refractivity (Wildman–Crippen MR) is 62.1 cm³/mol. The monoisotopic (exact) mass is 226 g/mol. The smallest absolute Gasteiger partial charge is 0.107 e. The zero-order valence-electron chi connectivity index (χ0n) is 9.16. The summed E-state index contributed by atoms with van der Waals surface area (Å²) < 4.78 is 5.34.